The maximum atomic E-state index is 12.5. The molecule has 3 rings (SSSR count). The number of hydrogen-bond acceptors (Lipinski definition) is 2. The fraction of sp³-hybridized carbons (Fsp3) is 0.667. The van der Waals surface area contributed by atoms with E-state index in [1.54, 1.807) is 0 Å². The van der Waals surface area contributed by atoms with Crippen molar-refractivity contribution < 1.29 is 4.79 Å². The molecule has 1 saturated carbocycles. The Kier molecular flexibility index (Phi) is 5.60. The van der Waals surface area contributed by atoms with Gasteiger partial charge in [0.25, 0.3) is 0 Å². The van der Waals surface area contributed by atoms with Gasteiger partial charge in [0, 0.05) is 17.9 Å². The maximum Gasteiger partial charge on any atom is 0.223 e. The number of nitrogens with one attached hydrogen (secondary N) is 2. The lowest BCUT2D eigenvalue weighted by atomic mass is 9.78. The minimum absolute atomic E-state index is 0.151. The van der Waals surface area contributed by atoms with Gasteiger partial charge in [0.2, 0.25) is 5.91 Å². The van der Waals surface area contributed by atoms with E-state index in [0.29, 0.717) is 5.92 Å². The van der Waals surface area contributed by atoms with Crippen LogP contribution in [-0.4, -0.2) is 25.5 Å². The molecular weight excluding hydrogens is 296 g/mol. The molecule has 0 atom stereocenters. The molecule has 132 valence electrons. The Hall–Kier alpha value is -1.35. The molecule has 2 fully saturated rings. The molecular formula is C21H32N2O. The Bertz CT molecular complexity index is 537. The highest BCUT2D eigenvalue weighted by Crippen LogP contribution is 2.41. The molecule has 3 heteroatoms. The van der Waals surface area contributed by atoms with Crippen LogP contribution in [0, 0.1) is 5.92 Å². The standard InChI is InChI=1S/C21H32N2O/c1-16(2)17-5-7-19(8-6-17)21(11-3-4-12-21)15-23-20(24)18-9-13-22-14-10-18/h5-8,16,18,22H,3-4,9-15H2,1-2H3,(H,23,24). The van der Waals surface area contributed by atoms with Gasteiger partial charge >= 0.3 is 0 Å². The molecule has 0 spiro atoms. The summed E-state index contributed by atoms with van der Waals surface area (Å²) in [7, 11) is 0. The van der Waals surface area contributed by atoms with Crippen LogP contribution in [0.3, 0.4) is 0 Å². The number of hydrogen-bond donors (Lipinski definition) is 2. The number of amides is 1. The van der Waals surface area contributed by atoms with Gasteiger partial charge in [-0.1, -0.05) is 51.0 Å². The van der Waals surface area contributed by atoms with Crippen molar-refractivity contribution in [1.82, 2.24) is 10.6 Å². The van der Waals surface area contributed by atoms with Crippen LogP contribution in [0.5, 0.6) is 0 Å². The lowest BCUT2D eigenvalue weighted by Crippen LogP contribution is -2.44. The Morgan fingerprint density at radius 1 is 1.17 bits per heavy atom. The van der Waals surface area contributed by atoms with Crippen LogP contribution in [0.2, 0.25) is 0 Å². The van der Waals surface area contributed by atoms with Gasteiger partial charge in [0.05, 0.1) is 0 Å². The summed E-state index contributed by atoms with van der Waals surface area (Å²) in [5.41, 5.74) is 2.96. The van der Waals surface area contributed by atoms with Crippen LogP contribution in [0.4, 0.5) is 0 Å². The summed E-state index contributed by atoms with van der Waals surface area (Å²) < 4.78 is 0. The Labute approximate surface area is 146 Å². The molecule has 1 amide bonds. The normalized spacial score (nSPS) is 21.1. The molecule has 3 nitrogen and oxygen atoms in total. The topological polar surface area (TPSA) is 41.1 Å². The molecule has 1 aromatic carbocycles. The van der Waals surface area contributed by atoms with E-state index < -0.39 is 0 Å². The first-order valence-corrected chi connectivity index (χ1v) is 9.70. The minimum Gasteiger partial charge on any atom is -0.355 e. The van der Waals surface area contributed by atoms with Crippen LogP contribution in [-0.2, 0) is 10.2 Å². The Morgan fingerprint density at radius 3 is 2.38 bits per heavy atom. The van der Waals surface area contributed by atoms with Crippen LogP contribution < -0.4 is 10.6 Å². The van der Waals surface area contributed by atoms with Crippen molar-refractivity contribution in [2.75, 3.05) is 19.6 Å². The second-order valence-electron chi connectivity index (χ2n) is 8.01. The summed E-state index contributed by atoms with van der Waals surface area (Å²) in [5, 5.41) is 6.64. The monoisotopic (exact) mass is 328 g/mol. The molecule has 1 saturated heterocycles. The molecule has 0 radical (unpaired) electrons. The van der Waals surface area contributed by atoms with Crippen molar-refractivity contribution in [3.05, 3.63) is 35.4 Å². The zero-order valence-electron chi connectivity index (χ0n) is 15.2. The van der Waals surface area contributed by atoms with Crippen molar-refractivity contribution in [1.29, 1.82) is 0 Å². The quantitative estimate of drug-likeness (QED) is 0.864. The molecule has 0 aromatic heterocycles. The zero-order chi connectivity index (χ0) is 17.0. The molecule has 2 aliphatic rings. The molecule has 1 aliphatic heterocycles. The number of carbonyl (C=O) groups is 1. The fourth-order valence-electron chi connectivity index (χ4n) is 4.33. The van der Waals surface area contributed by atoms with Crippen LogP contribution >= 0.6 is 0 Å². The molecule has 2 N–H and O–H groups in total. The van der Waals surface area contributed by atoms with E-state index in [4.69, 9.17) is 0 Å². The van der Waals surface area contributed by atoms with Gasteiger partial charge in [0.15, 0.2) is 0 Å². The van der Waals surface area contributed by atoms with E-state index in [0.717, 1.165) is 32.5 Å². The second-order valence-corrected chi connectivity index (χ2v) is 8.01. The van der Waals surface area contributed by atoms with E-state index >= 15 is 0 Å². The van der Waals surface area contributed by atoms with E-state index in [-0.39, 0.29) is 17.2 Å². The molecule has 1 aromatic rings. The number of carbonyl (C=O) groups excluding carboxylic acids is 1. The Balaban J connectivity index is 1.68. The average molecular weight is 329 g/mol. The van der Waals surface area contributed by atoms with Gasteiger partial charge in [-0.05, 0) is 55.8 Å². The van der Waals surface area contributed by atoms with Gasteiger partial charge in [-0.15, -0.1) is 0 Å². The van der Waals surface area contributed by atoms with Gasteiger partial charge in [0.1, 0.15) is 0 Å². The lowest BCUT2D eigenvalue weighted by molar-refractivity contribution is -0.126. The molecule has 0 bridgehead atoms. The predicted molar refractivity (Wildman–Crippen MR) is 99.3 cm³/mol. The van der Waals surface area contributed by atoms with Crippen molar-refractivity contribution in [3.63, 3.8) is 0 Å². The Morgan fingerprint density at radius 2 is 1.79 bits per heavy atom. The van der Waals surface area contributed by atoms with Crippen LogP contribution in [0.25, 0.3) is 0 Å². The van der Waals surface area contributed by atoms with Gasteiger partial charge < -0.3 is 10.6 Å². The third-order valence-electron chi connectivity index (χ3n) is 6.06. The second kappa shape index (κ2) is 7.69. The minimum atomic E-state index is 0.151. The highest BCUT2D eigenvalue weighted by atomic mass is 16.1. The van der Waals surface area contributed by atoms with E-state index in [1.807, 2.05) is 0 Å². The largest absolute Gasteiger partial charge is 0.355 e. The summed E-state index contributed by atoms with van der Waals surface area (Å²) in [5.74, 6) is 1.03. The van der Waals surface area contributed by atoms with E-state index in [9.17, 15) is 4.79 Å². The first-order valence-electron chi connectivity index (χ1n) is 9.70. The summed E-state index contributed by atoms with van der Waals surface area (Å²) >= 11 is 0. The van der Waals surface area contributed by atoms with Crippen molar-refractivity contribution in [2.24, 2.45) is 5.92 Å². The fourth-order valence-corrected chi connectivity index (χ4v) is 4.33. The molecule has 1 heterocycles. The number of benzene rings is 1. The number of rotatable bonds is 5. The predicted octanol–water partition coefficient (Wildman–Crippen LogP) is 3.74. The molecule has 0 unspecified atom stereocenters. The van der Waals surface area contributed by atoms with Crippen molar-refractivity contribution in [2.45, 2.75) is 63.7 Å². The zero-order valence-corrected chi connectivity index (χ0v) is 15.2. The summed E-state index contributed by atoms with van der Waals surface area (Å²) in [4.78, 5) is 12.5. The van der Waals surface area contributed by atoms with Crippen molar-refractivity contribution in [3.8, 4) is 0 Å². The maximum absolute atomic E-state index is 12.5. The smallest absolute Gasteiger partial charge is 0.223 e. The first-order chi connectivity index (χ1) is 11.6. The van der Waals surface area contributed by atoms with Gasteiger partial charge in [-0.25, -0.2) is 0 Å². The SMILES string of the molecule is CC(C)c1ccc(C2(CNC(=O)C3CCNCC3)CCCC2)cc1. The molecule has 24 heavy (non-hydrogen) atoms. The van der Waals surface area contributed by atoms with Crippen molar-refractivity contribution >= 4 is 5.91 Å². The van der Waals surface area contributed by atoms with E-state index in [2.05, 4.69) is 48.7 Å². The van der Waals surface area contributed by atoms with Gasteiger partial charge in [-0.3, -0.25) is 4.79 Å². The van der Waals surface area contributed by atoms with Gasteiger partial charge in [-0.2, -0.15) is 0 Å². The first kappa shape index (κ1) is 17.5. The summed E-state index contributed by atoms with van der Waals surface area (Å²) in [6.07, 6.45) is 6.88. The van der Waals surface area contributed by atoms with Crippen LogP contribution in [0.15, 0.2) is 24.3 Å². The number of piperidine rings is 1. The highest BCUT2D eigenvalue weighted by molar-refractivity contribution is 5.78. The molecule has 1 aliphatic carbocycles. The lowest BCUT2D eigenvalue weighted by Gasteiger charge is -2.31. The van der Waals surface area contributed by atoms with Crippen LogP contribution in [0.1, 0.15) is 69.4 Å². The average Bonchev–Trinajstić information content (AvgIpc) is 3.11. The van der Waals surface area contributed by atoms with E-state index in [1.165, 1.54) is 36.8 Å². The third kappa shape index (κ3) is 3.83. The highest BCUT2D eigenvalue weighted by Gasteiger charge is 2.36. The summed E-state index contributed by atoms with van der Waals surface area (Å²) in [6.45, 7) is 7.22. The summed E-state index contributed by atoms with van der Waals surface area (Å²) in [6, 6.07) is 9.15. The third-order valence-corrected chi connectivity index (χ3v) is 6.06.